The molecule has 4 heterocycles. The van der Waals surface area contributed by atoms with Gasteiger partial charge in [-0.25, -0.2) is 19.9 Å². The fraction of sp³-hybridized carbons (Fsp3) is 0. The molecule has 12 rings (SSSR count). The predicted molar refractivity (Wildman–Crippen MR) is 232 cm³/mol. The normalized spacial score (nSPS) is 11.9. The second-order valence-electron chi connectivity index (χ2n) is 14.1. The minimum Gasteiger partial charge on any atom is -0.456 e. The lowest BCUT2D eigenvalue weighted by atomic mass is 9.95. The van der Waals surface area contributed by atoms with E-state index in [-0.39, 0.29) is 0 Å². The maximum absolute atomic E-state index is 6.44. The van der Waals surface area contributed by atoms with Crippen molar-refractivity contribution in [1.82, 2.24) is 19.9 Å². The van der Waals surface area contributed by atoms with Gasteiger partial charge in [-0.05, 0) is 53.2 Å². The number of pyridine rings is 1. The molecule has 5 nitrogen and oxygen atoms in total. The molecule has 0 radical (unpaired) electrons. The van der Waals surface area contributed by atoms with Crippen LogP contribution in [0.15, 0.2) is 174 Å². The summed E-state index contributed by atoms with van der Waals surface area (Å²) in [4.78, 5) is 21.4. The number of rotatable bonds is 4. The van der Waals surface area contributed by atoms with Gasteiger partial charge in [-0.1, -0.05) is 127 Å². The Hall–Kier alpha value is -7.28. The molecule has 0 bridgehead atoms. The molecule has 0 N–H and O–H groups in total. The molecule has 0 amide bonds. The zero-order chi connectivity index (χ0) is 36.7. The smallest absolute Gasteiger partial charge is 0.166 e. The largest absolute Gasteiger partial charge is 0.456 e. The van der Waals surface area contributed by atoms with E-state index in [0.717, 1.165) is 87.7 Å². The van der Waals surface area contributed by atoms with Gasteiger partial charge in [0.2, 0.25) is 0 Å². The van der Waals surface area contributed by atoms with Gasteiger partial charge in [0.15, 0.2) is 17.5 Å². The Bertz CT molecular complexity index is 3550. The molecule has 0 fully saturated rings. The Morgan fingerprint density at radius 1 is 0.375 bits per heavy atom. The number of aromatic nitrogens is 4. The van der Waals surface area contributed by atoms with E-state index >= 15 is 0 Å². The lowest BCUT2D eigenvalue weighted by Gasteiger charge is -2.15. The molecule has 260 valence electrons. The molecule has 8 aromatic carbocycles. The van der Waals surface area contributed by atoms with Gasteiger partial charge in [-0.2, -0.15) is 0 Å². The van der Waals surface area contributed by atoms with Crippen LogP contribution in [0.4, 0.5) is 0 Å². The Morgan fingerprint density at radius 2 is 1.07 bits per heavy atom. The molecule has 4 aromatic heterocycles. The summed E-state index contributed by atoms with van der Waals surface area (Å²) in [7, 11) is 0. The second-order valence-corrected chi connectivity index (χ2v) is 15.2. The van der Waals surface area contributed by atoms with Gasteiger partial charge >= 0.3 is 0 Å². The Labute approximate surface area is 324 Å². The van der Waals surface area contributed by atoms with Crippen molar-refractivity contribution in [3.05, 3.63) is 170 Å². The summed E-state index contributed by atoms with van der Waals surface area (Å²) < 4.78 is 8.86. The SMILES string of the molecule is c1ccc(-c2nc3c(-c4nc(-c5ccc6ccccc6c5)nc(-c5cccc6sc7ccccc7c56)n4)cccc3c3c2ccc2oc4ccccc4c23)cc1. The van der Waals surface area contributed by atoms with Crippen LogP contribution in [0.5, 0.6) is 0 Å². The summed E-state index contributed by atoms with van der Waals surface area (Å²) in [6, 6.07) is 59.0. The number of furan rings is 1. The maximum Gasteiger partial charge on any atom is 0.166 e. The van der Waals surface area contributed by atoms with Gasteiger partial charge in [0.1, 0.15) is 11.2 Å². The third-order valence-corrected chi connectivity index (χ3v) is 12.0. The van der Waals surface area contributed by atoms with Crippen molar-refractivity contribution < 1.29 is 4.42 Å². The summed E-state index contributed by atoms with van der Waals surface area (Å²) >= 11 is 1.79. The van der Waals surface area contributed by atoms with Crippen LogP contribution in [0.3, 0.4) is 0 Å². The molecule has 6 heteroatoms. The topological polar surface area (TPSA) is 64.7 Å². The molecule has 0 atom stereocenters. The Kier molecular flexibility index (Phi) is 6.73. The first-order chi connectivity index (χ1) is 27.7. The Morgan fingerprint density at radius 3 is 1.98 bits per heavy atom. The Balaban J connectivity index is 1.20. The zero-order valence-corrected chi connectivity index (χ0v) is 30.6. The predicted octanol–water partition coefficient (Wildman–Crippen LogP) is 13.7. The molecular weight excluding hydrogens is 705 g/mol. The summed E-state index contributed by atoms with van der Waals surface area (Å²) in [6.45, 7) is 0. The van der Waals surface area contributed by atoms with E-state index in [1.54, 1.807) is 11.3 Å². The van der Waals surface area contributed by atoms with Crippen LogP contribution in [-0.4, -0.2) is 19.9 Å². The molecule has 0 aliphatic heterocycles. The highest BCUT2D eigenvalue weighted by atomic mass is 32.1. The molecule has 0 unspecified atom stereocenters. The molecule has 0 saturated carbocycles. The number of benzene rings is 8. The van der Waals surface area contributed by atoms with Crippen LogP contribution >= 0.6 is 11.3 Å². The van der Waals surface area contributed by atoms with Crippen molar-refractivity contribution in [2.24, 2.45) is 0 Å². The van der Waals surface area contributed by atoms with Gasteiger partial charge in [-0.3, -0.25) is 0 Å². The molecule has 0 saturated heterocycles. The highest BCUT2D eigenvalue weighted by Gasteiger charge is 2.22. The van der Waals surface area contributed by atoms with E-state index in [1.165, 1.54) is 14.8 Å². The number of nitrogens with zero attached hydrogens (tertiary/aromatic N) is 4. The minimum absolute atomic E-state index is 0.565. The zero-order valence-electron chi connectivity index (χ0n) is 29.8. The fourth-order valence-corrected chi connectivity index (χ4v) is 9.50. The first-order valence-electron chi connectivity index (χ1n) is 18.6. The van der Waals surface area contributed by atoms with Crippen molar-refractivity contribution in [2.45, 2.75) is 0 Å². The third kappa shape index (κ3) is 4.73. The standard InChI is InChI=1S/C50H28N4OS/c1-2-13-30(14-3-1)46-36-26-27-40-45(33-16-6-8-21-39(33)55-40)44(36)35-18-10-20-38(47(35)51-46)50-53-48(32-25-24-29-12-4-5-15-31(29)28-32)52-49(54-50)37-19-11-23-42-43(37)34-17-7-9-22-41(34)56-42/h1-28H. The van der Waals surface area contributed by atoms with E-state index < -0.39 is 0 Å². The quantitative estimate of drug-likeness (QED) is 0.169. The average molecular weight is 733 g/mol. The molecule has 56 heavy (non-hydrogen) atoms. The molecule has 0 spiro atoms. The minimum atomic E-state index is 0.565. The molecule has 0 aliphatic carbocycles. The average Bonchev–Trinajstić information content (AvgIpc) is 3.84. The molecule has 12 aromatic rings. The molecular formula is C50H28N4OS. The first-order valence-corrected chi connectivity index (χ1v) is 19.5. The summed E-state index contributed by atoms with van der Waals surface area (Å²) in [5, 5.41) is 9.94. The lowest BCUT2D eigenvalue weighted by molar-refractivity contribution is 0.669. The van der Waals surface area contributed by atoms with Gasteiger partial charge in [-0.15, -0.1) is 11.3 Å². The van der Waals surface area contributed by atoms with Gasteiger partial charge in [0, 0.05) is 69.4 Å². The van der Waals surface area contributed by atoms with Crippen LogP contribution in [0.2, 0.25) is 0 Å². The number of hydrogen-bond acceptors (Lipinski definition) is 6. The van der Waals surface area contributed by atoms with Crippen LogP contribution < -0.4 is 0 Å². The number of thiophene rings is 1. The highest BCUT2D eigenvalue weighted by Crippen LogP contribution is 2.44. The number of para-hydroxylation sites is 2. The first kappa shape index (κ1) is 31.1. The molecule has 0 aliphatic rings. The fourth-order valence-electron chi connectivity index (χ4n) is 8.36. The summed E-state index contributed by atoms with van der Waals surface area (Å²) in [5.74, 6) is 1.79. The lowest BCUT2D eigenvalue weighted by Crippen LogP contribution is -2.02. The van der Waals surface area contributed by atoms with Crippen LogP contribution in [0.25, 0.3) is 120 Å². The monoisotopic (exact) mass is 732 g/mol. The van der Waals surface area contributed by atoms with E-state index in [1.807, 2.05) is 18.2 Å². The van der Waals surface area contributed by atoms with Crippen LogP contribution in [-0.2, 0) is 0 Å². The highest BCUT2D eigenvalue weighted by molar-refractivity contribution is 7.25. The number of fused-ring (bicyclic) bond motifs is 11. The van der Waals surface area contributed by atoms with Crippen molar-refractivity contribution >= 4 is 85.9 Å². The van der Waals surface area contributed by atoms with Crippen LogP contribution in [0, 0.1) is 0 Å². The second kappa shape index (κ2) is 12.1. The van der Waals surface area contributed by atoms with Crippen molar-refractivity contribution in [2.75, 3.05) is 0 Å². The van der Waals surface area contributed by atoms with Crippen molar-refractivity contribution in [3.8, 4) is 45.4 Å². The summed E-state index contributed by atoms with van der Waals surface area (Å²) in [5.41, 5.74) is 7.17. The van der Waals surface area contributed by atoms with Crippen molar-refractivity contribution in [3.63, 3.8) is 0 Å². The van der Waals surface area contributed by atoms with Gasteiger partial charge < -0.3 is 4.42 Å². The van der Waals surface area contributed by atoms with E-state index in [9.17, 15) is 0 Å². The summed E-state index contributed by atoms with van der Waals surface area (Å²) in [6.07, 6.45) is 0. The van der Waals surface area contributed by atoms with E-state index in [4.69, 9.17) is 24.4 Å². The van der Waals surface area contributed by atoms with Gasteiger partial charge in [0.05, 0.1) is 11.2 Å². The van der Waals surface area contributed by atoms with E-state index in [2.05, 4.69) is 152 Å². The maximum atomic E-state index is 6.44. The van der Waals surface area contributed by atoms with E-state index in [0.29, 0.717) is 17.5 Å². The van der Waals surface area contributed by atoms with Crippen molar-refractivity contribution in [1.29, 1.82) is 0 Å². The van der Waals surface area contributed by atoms with Gasteiger partial charge in [0.25, 0.3) is 0 Å². The van der Waals surface area contributed by atoms with Crippen LogP contribution in [0.1, 0.15) is 0 Å². The number of hydrogen-bond donors (Lipinski definition) is 0. The third-order valence-electron chi connectivity index (χ3n) is 10.9.